The molecule has 1 saturated carbocycles. The van der Waals surface area contributed by atoms with Crippen molar-refractivity contribution in [3.63, 3.8) is 0 Å². The number of methoxy groups -OCH3 is 2. The van der Waals surface area contributed by atoms with E-state index in [-0.39, 0.29) is 24.2 Å². The van der Waals surface area contributed by atoms with E-state index in [9.17, 15) is 5.11 Å². The summed E-state index contributed by atoms with van der Waals surface area (Å²) in [5, 5.41) is 11.6. The van der Waals surface area contributed by atoms with Crippen LogP contribution < -0.4 is 0 Å². The van der Waals surface area contributed by atoms with E-state index in [0.717, 1.165) is 38.8 Å². The molecule has 0 radical (unpaired) electrons. The molecule has 1 N–H and O–H groups in total. The monoisotopic (exact) mass is 375 g/mol. The van der Waals surface area contributed by atoms with Crippen molar-refractivity contribution in [2.24, 2.45) is 5.92 Å². The van der Waals surface area contributed by atoms with Gasteiger partial charge in [-0.25, -0.2) is 0 Å². The second-order valence-corrected chi connectivity index (χ2v) is 8.49. The highest BCUT2D eigenvalue weighted by atomic mass is 16.5. The van der Waals surface area contributed by atoms with Crippen LogP contribution in [-0.4, -0.2) is 74.4 Å². The van der Waals surface area contributed by atoms with Crippen molar-refractivity contribution < 1.29 is 19.3 Å². The lowest BCUT2D eigenvalue weighted by atomic mass is 9.81. The Morgan fingerprint density at radius 3 is 2.56 bits per heavy atom. The molecule has 2 heterocycles. The van der Waals surface area contributed by atoms with Crippen LogP contribution in [-0.2, 0) is 14.2 Å². The molecule has 1 aromatic carbocycles. The Labute approximate surface area is 162 Å². The van der Waals surface area contributed by atoms with Crippen LogP contribution in [0.1, 0.15) is 37.2 Å². The molecule has 27 heavy (non-hydrogen) atoms. The number of benzene rings is 1. The maximum Gasteiger partial charge on any atom is 0.109 e. The summed E-state index contributed by atoms with van der Waals surface area (Å²) in [6.45, 7) is 2.98. The van der Waals surface area contributed by atoms with Gasteiger partial charge < -0.3 is 19.3 Å². The molecular formula is C22H33NO4. The predicted octanol–water partition coefficient (Wildman–Crippen LogP) is 2.44. The maximum atomic E-state index is 11.6. The van der Waals surface area contributed by atoms with Crippen LogP contribution >= 0.6 is 0 Å². The normalized spacial score (nSPS) is 38.0. The van der Waals surface area contributed by atoms with Gasteiger partial charge in [0.05, 0.1) is 31.5 Å². The molecule has 5 heteroatoms. The Morgan fingerprint density at radius 1 is 1.15 bits per heavy atom. The highest BCUT2D eigenvalue weighted by Crippen LogP contribution is 2.47. The molecule has 0 bridgehead atoms. The van der Waals surface area contributed by atoms with Gasteiger partial charge in [0.25, 0.3) is 0 Å². The second kappa shape index (κ2) is 8.18. The van der Waals surface area contributed by atoms with E-state index in [0.29, 0.717) is 19.1 Å². The first-order chi connectivity index (χ1) is 13.2. The lowest BCUT2D eigenvalue weighted by molar-refractivity contribution is -0.182. The summed E-state index contributed by atoms with van der Waals surface area (Å²) in [4.78, 5) is 2.47. The van der Waals surface area contributed by atoms with Gasteiger partial charge in [0.2, 0.25) is 0 Å². The first kappa shape index (κ1) is 19.3. The highest BCUT2D eigenvalue weighted by molar-refractivity contribution is 5.20. The number of ether oxygens (including phenoxy) is 3. The van der Waals surface area contributed by atoms with Crippen molar-refractivity contribution in [3.8, 4) is 0 Å². The molecule has 1 aromatic rings. The number of hydrogen-bond donors (Lipinski definition) is 1. The molecule has 3 fully saturated rings. The molecule has 1 aliphatic carbocycles. The summed E-state index contributed by atoms with van der Waals surface area (Å²) >= 11 is 0. The molecule has 0 unspecified atom stereocenters. The number of likely N-dealkylation sites (tertiary alicyclic amines) is 1. The Bertz CT molecular complexity index is 604. The van der Waals surface area contributed by atoms with Crippen LogP contribution in [0, 0.1) is 5.92 Å². The third-order valence-corrected chi connectivity index (χ3v) is 7.03. The van der Waals surface area contributed by atoms with Gasteiger partial charge >= 0.3 is 0 Å². The zero-order valence-corrected chi connectivity index (χ0v) is 16.5. The van der Waals surface area contributed by atoms with E-state index in [4.69, 9.17) is 14.2 Å². The number of aliphatic hydroxyl groups is 1. The minimum Gasteiger partial charge on any atom is -0.385 e. The molecule has 150 valence electrons. The summed E-state index contributed by atoms with van der Waals surface area (Å²) in [7, 11) is 3.49. The predicted molar refractivity (Wildman–Crippen MR) is 104 cm³/mol. The summed E-state index contributed by atoms with van der Waals surface area (Å²) in [5.41, 5.74) is 0.622. The smallest absolute Gasteiger partial charge is 0.109 e. The lowest BCUT2D eigenvalue weighted by Crippen LogP contribution is -2.62. The number of nitrogens with zero attached hydrogens (tertiary/aromatic N) is 1. The minimum atomic E-state index is -0.815. The standard InChI is InChI=1S/C22H33NO4/c1-25-14-19-12-18-13-20(26-2)21(22(18,24)15-27-19)23-10-8-17(9-11-23)16-6-4-3-5-7-16/h3-7,17-21,24H,8-15H2,1-2H3/t18-,19+,20+,21-,22-/m0/s1. The first-order valence-corrected chi connectivity index (χ1v) is 10.3. The van der Waals surface area contributed by atoms with Crippen LogP contribution in [0.2, 0.25) is 0 Å². The summed E-state index contributed by atoms with van der Waals surface area (Å²) < 4.78 is 17.1. The maximum absolute atomic E-state index is 11.6. The molecule has 2 saturated heterocycles. The SMILES string of the molecule is COC[C@H]1C[C@H]2C[C@@H](OC)[C@H](N3CCC(c4ccccc4)CC3)[C@]2(O)CO1. The summed E-state index contributed by atoms with van der Waals surface area (Å²) in [5.74, 6) is 0.831. The van der Waals surface area contributed by atoms with Crippen LogP contribution in [0.4, 0.5) is 0 Å². The van der Waals surface area contributed by atoms with Gasteiger partial charge in [-0.1, -0.05) is 30.3 Å². The van der Waals surface area contributed by atoms with E-state index in [1.54, 1.807) is 14.2 Å². The molecular weight excluding hydrogens is 342 g/mol. The zero-order valence-electron chi connectivity index (χ0n) is 16.5. The fourth-order valence-electron chi connectivity index (χ4n) is 5.63. The van der Waals surface area contributed by atoms with Gasteiger partial charge in [-0.15, -0.1) is 0 Å². The third-order valence-electron chi connectivity index (χ3n) is 7.03. The second-order valence-electron chi connectivity index (χ2n) is 8.49. The molecule has 4 rings (SSSR count). The van der Waals surface area contributed by atoms with Crippen molar-refractivity contribution in [2.45, 2.75) is 55.5 Å². The van der Waals surface area contributed by atoms with Crippen LogP contribution in [0.15, 0.2) is 30.3 Å². The van der Waals surface area contributed by atoms with Crippen LogP contribution in [0.5, 0.6) is 0 Å². The molecule has 0 spiro atoms. The van der Waals surface area contributed by atoms with Gasteiger partial charge in [-0.05, 0) is 56.2 Å². The van der Waals surface area contributed by atoms with Crippen molar-refractivity contribution in [1.82, 2.24) is 4.90 Å². The Morgan fingerprint density at radius 2 is 1.89 bits per heavy atom. The van der Waals surface area contributed by atoms with E-state index < -0.39 is 5.60 Å². The lowest BCUT2D eigenvalue weighted by Gasteiger charge is -2.47. The molecule has 2 aliphatic heterocycles. The fourth-order valence-corrected chi connectivity index (χ4v) is 5.63. The van der Waals surface area contributed by atoms with Crippen LogP contribution in [0.3, 0.4) is 0 Å². The number of hydrogen-bond acceptors (Lipinski definition) is 5. The molecule has 3 aliphatic rings. The third kappa shape index (κ3) is 3.68. The molecule has 0 aromatic heterocycles. The number of rotatable bonds is 5. The van der Waals surface area contributed by atoms with Crippen molar-refractivity contribution in [1.29, 1.82) is 0 Å². The van der Waals surface area contributed by atoms with E-state index in [1.165, 1.54) is 5.56 Å². The minimum absolute atomic E-state index is 0.0210. The average Bonchev–Trinajstić information content (AvgIpc) is 3.01. The molecule has 0 amide bonds. The number of piperidine rings is 1. The highest BCUT2D eigenvalue weighted by Gasteiger charge is 2.59. The molecule has 5 atom stereocenters. The van der Waals surface area contributed by atoms with Gasteiger partial charge in [0.1, 0.15) is 5.60 Å². The zero-order chi connectivity index (χ0) is 18.9. The summed E-state index contributed by atoms with van der Waals surface area (Å²) in [6, 6.07) is 10.8. The van der Waals surface area contributed by atoms with Gasteiger partial charge in [0, 0.05) is 14.2 Å². The Balaban J connectivity index is 1.45. The topological polar surface area (TPSA) is 51.2 Å². The Hall–Kier alpha value is -0.980. The van der Waals surface area contributed by atoms with Crippen LogP contribution in [0.25, 0.3) is 0 Å². The van der Waals surface area contributed by atoms with Crippen molar-refractivity contribution >= 4 is 0 Å². The Kier molecular flexibility index (Phi) is 5.86. The van der Waals surface area contributed by atoms with E-state index in [1.807, 2.05) is 0 Å². The quantitative estimate of drug-likeness (QED) is 0.857. The number of fused-ring (bicyclic) bond motifs is 1. The largest absolute Gasteiger partial charge is 0.385 e. The van der Waals surface area contributed by atoms with E-state index >= 15 is 0 Å². The fraction of sp³-hybridized carbons (Fsp3) is 0.727. The van der Waals surface area contributed by atoms with Crippen molar-refractivity contribution in [2.75, 3.05) is 40.5 Å². The van der Waals surface area contributed by atoms with Gasteiger partial charge in [-0.3, -0.25) is 4.90 Å². The van der Waals surface area contributed by atoms with Gasteiger partial charge in [-0.2, -0.15) is 0 Å². The summed E-state index contributed by atoms with van der Waals surface area (Å²) in [6.07, 6.45) is 4.16. The van der Waals surface area contributed by atoms with Crippen molar-refractivity contribution in [3.05, 3.63) is 35.9 Å². The van der Waals surface area contributed by atoms with E-state index in [2.05, 4.69) is 35.2 Å². The average molecular weight is 376 g/mol. The first-order valence-electron chi connectivity index (χ1n) is 10.3. The van der Waals surface area contributed by atoms with Gasteiger partial charge in [0.15, 0.2) is 0 Å². The molecule has 5 nitrogen and oxygen atoms in total.